The Morgan fingerprint density at radius 3 is 2.74 bits per heavy atom. The van der Waals surface area contributed by atoms with E-state index in [9.17, 15) is 4.79 Å². The Kier molecular flexibility index (Phi) is 4.83. The van der Waals surface area contributed by atoms with Crippen molar-refractivity contribution in [3.63, 3.8) is 0 Å². The number of carbonyl (C=O) groups is 1. The van der Waals surface area contributed by atoms with Gasteiger partial charge in [0.15, 0.2) is 5.78 Å². The SMILES string of the molecule is CC1(C)CC(=O)c2c(nc(NC[C@@H]3CCCO3)nc2Nc2ccccc2)C1. The van der Waals surface area contributed by atoms with Crippen molar-refractivity contribution in [2.24, 2.45) is 5.41 Å². The topological polar surface area (TPSA) is 76.1 Å². The van der Waals surface area contributed by atoms with Crippen LogP contribution in [0.1, 0.15) is 49.2 Å². The van der Waals surface area contributed by atoms with Gasteiger partial charge in [-0.25, -0.2) is 4.98 Å². The molecular formula is C21H26N4O2. The number of hydrogen-bond acceptors (Lipinski definition) is 6. The molecule has 1 aromatic carbocycles. The third-order valence-electron chi connectivity index (χ3n) is 5.10. The van der Waals surface area contributed by atoms with Crippen molar-refractivity contribution in [3.05, 3.63) is 41.6 Å². The molecule has 0 amide bonds. The summed E-state index contributed by atoms with van der Waals surface area (Å²) in [5.74, 6) is 1.24. The monoisotopic (exact) mass is 366 g/mol. The van der Waals surface area contributed by atoms with Crippen molar-refractivity contribution < 1.29 is 9.53 Å². The molecule has 1 aliphatic heterocycles. The van der Waals surface area contributed by atoms with E-state index in [0.29, 0.717) is 30.3 Å². The standard InChI is InChI=1S/C21H26N4O2/c1-21(2)11-16-18(17(26)12-21)19(23-14-7-4-3-5-8-14)25-20(24-16)22-13-15-9-6-10-27-15/h3-5,7-8,15H,6,9-13H2,1-2H3,(H2,22,23,24,25)/t15-/m0/s1. The summed E-state index contributed by atoms with van der Waals surface area (Å²) in [5.41, 5.74) is 2.26. The van der Waals surface area contributed by atoms with Crippen LogP contribution < -0.4 is 10.6 Å². The molecule has 1 aliphatic carbocycles. The maximum absolute atomic E-state index is 12.8. The number of ketones is 1. The molecule has 1 fully saturated rings. The first-order valence-corrected chi connectivity index (χ1v) is 9.62. The van der Waals surface area contributed by atoms with Crippen LogP contribution in [0, 0.1) is 5.41 Å². The molecule has 1 aromatic heterocycles. The molecule has 0 unspecified atom stereocenters. The van der Waals surface area contributed by atoms with E-state index in [-0.39, 0.29) is 17.3 Å². The second kappa shape index (κ2) is 7.27. The van der Waals surface area contributed by atoms with Crippen molar-refractivity contribution in [1.82, 2.24) is 9.97 Å². The van der Waals surface area contributed by atoms with E-state index in [4.69, 9.17) is 4.74 Å². The summed E-state index contributed by atoms with van der Waals surface area (Å²) in [5, 5.41) is 6.62. The molecule has 1 saturated heterocycles. The lowest BCUT2D eigenvalue weighted by Gasteiger charge is -2.30. The molecule has 0 radical (unpaired) electrons. The van der Waals surface area contributed by atoms with Gasteiger partial charge in [-0.3, -0.25) is 4.79 Å². The number of rotatable bonds is 5. The first kappa shape index (κ1) is 17.9. The Morgan fingerprint density at radius 1 is 1.19 bits per heavy atom. The fourth-order valence-electron chi connectivity index (χ4n) is 3.81. The second-order valence-corrected chi connectivity index (χ2v) is 8.17. The largest absolute Gasteiger partial charge is 0.376 e. The molecule has 2 heterocycles. The number of nitrogens with one attached hydrogen (secondary N) is 2. The van der Waals surface area contributed by atoms with Crippen molar-refractivity contribution in [1.29, 1.82) is 0 Å². The quantitative estimate of drug-likeness (QED) is 0.834. The van der Waals surface area contributed by atoms with E-state index in [0.717, 1.165) is 37.3 Å². The van der Waals surface area contributed by atoms with Crippen molar-refractivity contribution >= 4 is 23.2 Å². The molecule has 0 saturated carbocycles. The van der Waals surface area contributed by atoms with Gasteiger partial charge in [-0.15, -0.1) is 0 Å². The van der Waals surface area contributed by atoms with Gasteiger partial charge >= 0.3 is 0 Å². The number of aromatic nitrogens is 2. The average molecular weight is 366 g/mol. The number of benzene rings is 1. The fraction of sp³-hybridized carbons (Fsp3) is 0.476. The van der Waals surface area contributed by atoms with Crippen LogP contribution in [0.5, 0.6) is 0 Å². The lowest BCUT2D eigenvalue weighted by Crippen LogP contribution is -2.30. The van der Waals surface area contributed by atoms with Gasteiger partial charge in [-0.1, -0.05) is 32.0 Å². The van der Waals surface area contributed by atoms with Gasteiger partial charge in [-0.05, 0) is 36.8 Å². The number of Topliss-reactive ketones (excluding diaryl/α,β-unsaturated/α-hetero) is 1. The highest BCUT2D eigenvalue weighted by atomic mass is 16.5. The van der Waals surface area contributed by atoms with E-state index in [1.54, 1.807) is 0 Å². The van der Waals surface area contributed by atoms with Crippen LogP contribution in [0.15, 0.2) is 30.3 Å². The highest BCUT2D eigenvalue weighted by Crippen LogP contribution is 2.37. The number of hydrogen-bond donors (Lipinski definition) is 2. The van der Waals surface area contributed by atoms with Crippen molar-refractivity contribution in [2.45, 2.75) is 45.6 Å². The third-order valence-corrected chi connectivity index (χ3v) is 5.10. The Balaban J connectivity index is 1.66. The van der Waals surface area contributed by atoms with E-state index in [1.165, 1.54) is 0 Å². The van der Waals surface area contributed by atoms with Gasteiger partial charge in [0.1, 0.15) is 5.82 Å². The summed E-state index contributed by atoms with van der Waals surface area (Å²) in [6.45, 7) is 5.72. The number of carbonyl (C=O) groups excluding carboxylic acids is 1. The van der Waals surface area contributed by atoms with Gasteiger partial charge < -0.3 is 15.4 Å². The third kappa shape index (κ3) is 4.11. The molecule has 27 heavy (non-hydrogen) atoms. The molecule has 2 aliphatic rings. The summed E-state index contributed by atoms with van der Waals surface area (Å²) < 4.78 is 5.68. The number of anilines is 3. The summed E-state index contributed by atoms with van der Waals surface area (Å²) in [7, 11) is 0. The summed E-state index contributed by atoms with van der Waals surface area (Å²) in [4.78, 5) is 22.1. The number of nitrogens with zero attached hydrogens (tertiary/aromatic N) is 2. The molecule has 142 valence electrons. The Morgan fingerprint density at radius 2 is 2.00 bits per heavy atom. The molecule has 0 spiro atoms. The number of fused-ring (bicyclic) bond motifs is 1. The zero-order chi connectivity index (χ0) is 18.9. The van der Waals surface area contributed by atoms with Crippen LogP contribution in [0.2, 0.25) is 0 Å². The second-order valence-electron chi connectivity index (χ2n) is 8.17. The van der Waals surface area contributed by atoms with Gasteiger partial charge in [0, 0.05) is 25.3 Å². The van der Waals surface area contributed by atoms with Crippen LogP contribution >= 0.6 is 0 Å². The molecule has 2 N–H and O–H groups in total. The summed E-state index contributed by atoms with van der Waals surface area (Å²) in [6, 6.07) is 9.80. The molecule has 0 bridgehead atoms. The Bertz CT molecular complexity index is 830. The van der Waals surface area contributed by atoms with Crippen LogP contribution in [-0.2, 0) is 11.2 Å². The highest BCUT2D eigenvalue weighted by Gasteiger charge is 2.35. The lowest BCUT2D eigenvalue weighted by molar-refractivity contribution is 0.0911. The molecule has 6 heteroatoms. The molecule has 1 atom stereocenters. The average Bonchev–Trinajstić information content (AvgIpc) is 3.12. The first-order valence-electron chi connectivity index (χ1n) is 9.62. The lowest BCUT2D eigenvalue weighted by atomic mass is 9.75. The van der Waals surface area contributed by atoms with E-state index >= 15 is 0 Å². The molecule has 2 aromatic rings. The van der Waals surface area contributed by atoms with Gasteiger partial charge in [-0.2, -0.15) is 4.98 Å². The smallest absolute Gasteiger partial charge is 0.225 e. The van der Waals surface area contributed by atoms with Crippen LogP contribution in [0.25, 0.3) is 0 Å². The minimum absolute atomic E-state index is 0.0890. The zero-order valence-electron chi connectivity index (χ0n) is 15.9. The van der Waals surface area contributed by atoms with Crippen molar-refractivity contribution in [2.75, 3.05) is 23.8 Å². The van der Waals surface area contributed by atoms with Gasteiger partial charge in [0.2, 0.25) is 5.95 Å². The van der Waals surface area contributed by atoms with E-state index in [1.807, 2.05) is 30.3 Å². The minimum atomic E-state index is -0.0890. The van der Waals surface area contributed by atoms with Gasteiger partial charge in [0.25, 0.3) is 0 Å². The number of ether oxygens (including phenoxy) is 1. The van der Waals surface area contributed by atoms with E-state index in [2.05, 4.69) is 34.4 Å². The maximum Gasteiger partial charge on any atom is 0.225 e. The van der Waals surface area contributed by atoms with Crippen molar-refractivity contribution in [3.8, 4) is 0 Å². The maximum atomic E-state index is 12.8. The molecule has 6 nitrogen and oxygen atoms in total. The van der Waals surface area contributed by atoms with Crippen LogP contribution in [0.4, 0.5) is 17.5 Å². The van der Waals surface area contributed by atoms with E-state index < -0.39 is 0 Å². The highest BCUT2D eigenvalue weighted by molar-refractivity contribution is 6.03. The minimum Gasteiger partial charge on any atom is -0.376 e. The summed E-state index contributed by atoms with van der Waals surface area (Å²) >= 11 is 0. The zero-order valence-corrected chi connectivity index (χ0v) is 15.9. The van der Waals surface area contributed by atoms with Crippen LogP contribution in [0.3, 0.4) is 0 Å². The number of para-hydroxylation sites is 1. The normalized spacial score (nSPS) is 21.0. The van der Waals surface area contributed by atoms with Crippen LogP contribution in [-0.4, -0.2) is 35.0 Å². The van der Waals surface area contributed by atoms with Gasteiger partial charge in [0.05, 0.1) is 17.4 Å². The Labute approximate surface area is 159 Å². The Hall–Kier alpha value is -2.47. The fourth-order valence-corrected chi connectivity index (χ4v) is 3.81. The molecule has 4 rings (SSSR count). The molecular weight excluding hydrogens is 340 g/mol. The summed E-state index contributed by atoms with van der Waals surface area (Å²) in [6.07, 6.45) is 3.62. The predicted octanol–water partition coefficient (Wildman–Crippen LogP) is 3.97. The predicted molar refractivity (Wildman–Crippen MR) is 106 cm³/mol. The first-order chi connectivity index (χ1) is 13.0.